The second-order valence-corrected chi connectivity index (χ2v) is 4.19. The maximum absolute atomic E-state index is 5.08. The third-order valence-electron chi connectivity index (χ3n) is 2.79. The number of hydrogen-bond acceptors (Lipinski definition) is 2. The van der Waals surface area contributed by atoms with Crippen molar-refractivity contribution in [2.75, 3.05) is 27.3 Å². The summed E-state index contributed by atoms with van der Waals surface area (Å²) >= 11 is 0. The molecule has 0 saturated carbocycles. The van der Waals surface area contributed by atoms with Crippen LogP contribution >= 0.6 is 0 Å². The first kappa shape index (κ1) is 13.5. The van der Waals surface area contributed by atoms with Gasteiger partial charge in [-0.1, -0.05) is 43.0 Å². The number of hydrogen-bond donors (Lipinski definition) is 0. The van der Waals surface area contributed by atoms with Crippen LogP contribution in [0.15, 0.2) is 37.4 Å². The normalized spacial score (nSPS) is 10.1. The van der Waals surface area contributed by atoms with E-state index >= 15 is 0 Å². The predicted molar refractivity (Wildman–Crippen MR) is 74.7 cm³/mol. The Morgan fingerprint density at radius 1 is 1.24 bits per heavy atom. The third kappa shape index (κ3) is 3.46. The van der Waals surface area contributed by atoms with Gasteiger partial charge in [0, 0.05) is 32.0 Å². The van der Waals surface area contributed by atoms with Crippen molar-refractivity contribution in [3.05, 3.63) is 48.6 Å². The zero-order valence-electron chi connectivity index (χ0n) is 11.0. The van der Waals surface area contributed by atoms with Gasteiger partial charge < -0.3 is 9.64 Å². The molecule has 1 rings (SSSR count). The number of benzene rings is 1. The lowest BCUT2D eigenvalue weighted by atomic mass is 9.99. The van der Waals surface area contributed by atoms with E-state index in [-0.39, 0.29) is 0 Å². The number of likely N-dealkylation sites (N-methyl/N-ethyl adjacent to an activating group) is 1. The Hall–Kier alpha value is -1.54. The molecule has 0 aromatic heterocycles. The fraction of sp³-hybridized carbons (Fsp3) is 0.333. The molecular weight excluding hydrogens is 210 g/mol. The summed E-state index contributed by atoms with van der Waals surface area (Å²) in [6.45, 7) is 11.7. The molecule has 0 aliphatic heterocycles. The Labute approximate surface area is 104 Å². The number of methoxy groups -OCH3 is 1. The molecule has 92 valence electrons. The van der Waals surface area contributed by atoms with Crippen LogP contribution in [0.2, 0.25) is 0 Å². The Morgan fingerprint density at radius 2 is 1.82 bits per heavy atom. The molecule has 17 heavy (non-hydrogen) atoms. The second-order valence-electron chi connectivity index (χ2n) is 4.19. The van der Waals surface area contributed by atoms with Crippen LogP contribution < -0.4 is 0 Å². The van der Waals surface area contributed by atoms with E-state index in [2.05, 4.69) is 30.2 Å². The van der Waals surface area contributed by atoms with E-state index in [1.807, 2.05) is 26.1 Å². The Kier molecular flexibility index (Phi) is 4.98. The highest BCUT2D eigenvalue weighted by atomic mass is 16.5. The summed E-state index contributed by atoms with van der Waals surface area (Å²) < 4.78 is 5.08. The molecule has 0 unspecified atom stereocenters. The van der Waals surface area contributed by atoms with Gasteiger partial charge in [-0.15, -0.1) is 0 Å². The van der Waals surface area contributed by atoms with Gasteiger partial charge in [0.15, 0.2) is 0 Å². The molecule has 1 aromatic rings. The molecule has 0 bridgehead atoms. The zero-order valence-corrected chi connectivity index (χ0v) is 11.0. The molecule has 0 saturated heterocycles. The van der Waals surface area contributed by atoms with Crippen molar-refractivity contribution in [1.82, 2.24) is 4.90 Å². The highest BCUT2D eigenvalue weighted by Crippen LogP contribution is 2.24. The van der Waals surface area contributed by atoms with Crippen LogP contribution in [-0.4, -0.2) is 32.2 Å². The summed E-state index contributed by atoms with van der Waals surface area (Å²) in [5.74, 6) is 0. The Balaban J connectivity index is 2.92. The second kappa shape index (κ2) is 6.26. The maximum Gasteiger partial charge on any atom is 0.0637 e. The van der Waals surface area contributed by atoms with Crippen LogP contribution in [0.5, 0.6) is 0 Å². The molecular formula is C15H21NO. The molecule has 0 aliphatic carbocycles. The number of nitrogens with zero attached hydrogens (tertiary/aromatic N) is 1. The van der Waals surface area contributed by atoms with Gasteiger partial charge >= 0.3 is 0 Å². The average molecular weight is 231 g/mol. The van der Waals surface area contributed by atoms with Gasteiger partial charge in [0.25, 0.3) is 0 Å². The largest absolute Gasteiger partial charge is 0.383 e. The summed E-state index contributed by atoms with van der Waals surface area (Å²) in [6, 6.07) is 8.20. The van der Waals surface area contributed by atoms with E-state index in [0.717, 1.165) is 28.9 Å². The lowest BCUT2D eigenvalue weighted by molar-refractivity contribution is 0.180. The fourth-order valence-electron chi connectivity index (χ4n) is 1.68. The molecule has 0 amide bonds. The molecule has 0 spiro atoms. The smallest absolute Gasteiger partial charge is 0.0637 e. The number of rotatable bonds is 6. The van der Waals surface area contributed by atoms with E-state index in [1.165, 1.54) is 0 Å². The standard InChI is InChI=1S/C15H21NO/c1-12(2)14-8-6-7-9-15(14)13(3)16(4)10-11-17-5/h6-9H,1,3,10-11H2,2,4-5H3. The number of allylic oxidation sites excluding steroid dienone is 1. The summed E-state index contributed by atoms with van der Waals surface area (Å²) in [4.78, 5) is 2.10. The maximum atomic E-state index is 5.08. The predicted octanol–water partition coefficient (Wildman–Crippen LogP) is 3.27. The molecule has 0 N–H and O–H groups in total. The molecule has 0 atom stereocenters. The van der Waals surface area contributed by atoms with Crippen molar-refractivity contribution in [2.45, 2.75) is 6.92 Å². The first-order valence-electron chi connectivity index (χ1n) is 5.72. The van der Waals surface area contributed by atoms with Gasteiger partial charge in [-0.3, -0.25) is 0 Å². The summed E-state index contributed by atoms with van der Waals surface area (Å²) in [5, 5.41) is 0. The average Bonchev–Trinajstić information content (AvgIpc) is 2.34. The van der Waals surface area contributed by atoms with Crippen LogP contribution in [0.4, 0.5) is 0 Å². The summed E-state index contributed by atoms with van der Waals surface area (Å²) in [6.07, 6.45) is 0. The van der Waals surface area contributed by atoms with Gasteiger partial charge in [-0.05, 0) is 12.5 Å². The van der Waals surface area contributed by atoms with Crippen molar-refractivity contribution >= 4 is 11.3 Å². The van der Waals surface area contributed by atoms with Gasteiger partial charge in [0.2, 0.25) is 0 Å². The molecule has 1 aromatic carbocycles. The monoisotopic (exact) mass is 231 g/mol. The van der Waals surface area contributed by atoms with Crippen molar-refractivity contribution in [3.8, 4) is 0 Å². The summed E-state index contributed by atoms with van der Waals surface area (Å²) in [7, 11) is 3.73. The lowest BCUT2D eigenvalue weighted by Gasteiger charge is -2.23. The third-order valence-corrected chi connectivity index (χ3v) is 2.79. The molecule has 2 nitrogen and oxygen atoms in total. The summed E-state index contributed by atoms with van der Waals surface area (Å²) in [5.41, 5.74) is 4.35. The minimum atomic E-state index is 0.699. The Bertz CT molecular complexity index is 409. The van der Waals surface area contributed by atoms with Crippen LogP contribution in [0.3, 0.4) is 0 Å². The van der Waals surface area contributed by atoms with E-state index in [0.29, 0.717) is 6.61 Å². The molecule has 0 radical (unpaired) electrons. The quantitative estimate of drug-likeness (QED) is 0.745. The van der Waals surface area contributed by atoms with Crippen molar-refractivity contribution in [2.24, 2.45) is 0 Å². The van der Waals surface area contributed by atoms with E-state index < -0.39 is 0 Å². The van der Waals surface area contributed by atoms with Gasteiger partial charge in [0.1, 0.15) is 0 Å². The minimum Gasteiger partial charge on any atom is -0.383 e. The highest BCUT2D eigenvalue weighted by Gasteiger charge is 2.09. The Morgan fingerprint density at radius 3 is 2.35 bits per heavy atom. The SMILES string of the molecule is C=C(C)c1ccccc1C(=C)N(C)CCOC. The van der Waals surface area contributed by atoms with Crippen molar-refractivity contribution in [3.63, 3.8) is 0 Å². The topological polar surface area (TPSA) is 12.5 Å². The lowest BCUT2D eigenvalue weighted by Crippen LogP contribution is -2.21. The molecule has 2 heteroatoms. The first-order chi connectivity index (χ1) is 8.07. The van der Waals surface area contributed by atoms with Crippen molar-refractivity contribution < 1.29 is 4.74 Å². The van der Waals surface area contributed by atoms with Gasteiger partial charge in [0.05, 0.1) is 6.61 Å². The van der Waals surface area contributed by atoms with Crippen LogP contribution in [0, 0.1) is 0 Å². The van der Waals surface area contributed by atoms with Crippen LogP contribution in [0.1, 0.15) is 18.1 Å². The fourth-order valence-corrected chi connectivity index (χ4v) is 1.68. The first-order valence-corrected chi connectivity index (χ1v) is 5.72. The van der Waals surface area contributed by atoms with Crippen LogP contribution in [0.25, 0.3) is 11.3 Å². The van der Waals surface area contributed by atoms with Crippen molar-refractivity contribution in [1.29, 1.82) is 0 Å². The highest BCUT2D eigenvalue weighted by molar-refractivity contribution is 5.76. The van der Waals surface area contributed by atoms with Crippen LogP contribution in [-0.2, 0) is 4.74 Å². The molecule has 0 heterocycles. The van der Waals surface area contributed by atoms with E-state index in [9.17, 15) is 0 Å². The molecule has 0 aliphatic rings. The van der Waals surface area contributed by atoms with Gasteiger partial charge in [-0.25, -0.2) is 0 Å². The van der Waals surface area contributed by atoms with E-state index in [4.69, 9.17) is 4.74 Å². The molecule has 0 fully saturated rings. The zero-order chi connectivity index (χ0) is 12.8. The number of ether oxygens (including phenoxy) is 1. The van der Waals surface area contributed by atoms with Gasteiger partial charge in [-0.2, -0.15) is 0 Å². The minimum absolute atomic E-state index is 0.699. The van der Waals surface area contributed by atoms with E-state index in [1.54, 1.807) is 7.11 Å².